The van der Waals surface area contributed by atoms with Crippen molar-refractivity contribution in [1.82, 2.24) is 0 Å². The quantitative estimate of drug-likeness (QED) is 0.786. The Morgan fingerprint density at radius 3 is 2.60 bits per heavy atom. The summed E-state index contributed by atoms with van der Waals surface area (Å²) in [4.78, 5) is 11.5. The van der Waals surface area contributed by atoms with Crippen molar-refractivity contribution in [1.29, 1.82) is 0 Å². The third kappa shape index (κ3) is 2.29. The maximum atomic E-state index is 11.5. The molecule has 3 heteroatoms. The van der Waals surface area contributed by atoms with E-state index < -0.39 is 5.54 Å². The van der Waals surface area contributed by atoms with Gasteiger partial charge in [-0.2, -0.15) is 0 Å². The number of nitrogens with two attached hydrogens (primary N) is 1. The molecule has 15 heavy (non-hydrogen) atoms. The summed E-state index contributed by atoms with van der Waals surface area (Å²) in [7, 11) is 0. The number of rotatable bonds is 0. The molecule has 0 saturated heterocycles. The molecule has 2 nitrogen and oxygen atoms in total. The van der Waals surface area contributed by atoms with E-state index in [1.54, 1.807) is 0 Å². The molecule has 1 aliphatic carbocycles. The standard InChI is InChI=1S/C10H10BrNO.C2H6/c1-10(12)5-9(13)7-3-2-6(11)4-8(7)10;1-2/h2-4H,5,12H2,1H3;1-2H3. The average molecular weight is 270 g/mol. The number of hydrogen-bond donors (Lipinski definition) is 1. The predicted molar refractivity (Wildman–Crippen MR) is 66.0 cm³/mol. The van der Waals surface area contributed by atoms with E-state index in [-0.39, 0.29) is 5.78 Å². The first-order valence-corrected chi connectivity index (χ1v) is 5.92. The second-order valence-electron chi connectivity index (χ2n) is 3.71. The molecular formula is C12H16BrNO. The van der Waals surface area contributed by atoms with E-state index in [1.165, 1.54) is 0 Å². The molecule has 0 aromatic heterocycles. The summed E-state index contributed by atoms with van der Waals surface area (Å²) >= 11 is 3.37. The minimum absolute atomic E-state index is 0.146. The van der Waals surface area contributed by atoms with Gasteiger partial charge in [0.15, 0.2) is 5.78 Å². The zero-order valence-corrected chi connectivity index (χ0v) is 10.9. The van der Waals surface area contributed by atoms with Gasteiger partial charge in [-0.15, -0.1) is 0 Å². The van der Waals surface area contributed by atoms with E-state index in [0.29, 0.717) is 6.42 Å². The van der Waals surface area contributed by atoms with Crippen molar-refractivity contribution in [3.8, 4) is 0 Å². The Morgan fingerprint density at radius 1 is 1.40 bits per heavy atom. The maximum Gasteiger partial charge on any atom is 0.165 e. The molecule has 2 N–H and O–H groups in total. The van der Waals surface area contributed by atoms with E-state index in [9.17, 15) is 4.79 Å². The van der Waals surface area contributed by atoms with Crippen LogP contribution in [0.1, 0.15) is 43.1 Å². The lowest BCUT2D eigenvalue weighted by molar-refractivity contribution is 0.0977. The topological polar surface area (TPSA) is 43.1 Å². The maximum absolute atomic E-state index is 11.5. The molecule has 0 aliphatic heterocycles. The van der Waals surface area contributed by atoms with Crippen LogP contribution in [0, 0.1) is 0 Å². The molecule has 1 unspecified atom stereocenters. The van der Waals surface area contributed by atoms with Crippen LogP contribution >= 0.6 is 15.9 Å². The summed E-state index contributed by atoms with van der Waals surface area (Å²) in [5, 5.41) is 0. The van der Waals surface area contributed by atoms with Crippen LogP contribution in [-0.4, -0.2) is 5.78 Å². The van der Waals surface area contributed by atoms with Crippen LogP contribution in [0.25, 0.3) is 0 Å². The number of hydrogen-bond acceptors (Lipinski definition) is 2. The number of carbonyl (C=O) groups excluding carboxylic acids is 1. The first-order chi connectivity index (χ1) is 7.00. The summed E-state index contributed by atoms with van der Waals surface area (Å²) in [6.07, 6.45) is 0.415. The fourth-order valence-corrected chi connectivity index (χ4v) is 2.12. The highest BCUT2D eigenvalue weighted by Crippen LogP contribution is 2.35. The molecule has 1 aromatic rings. The fraction of sp³-hybridized carbons (Fsp3) is 0.417. The summed E-state index contributed by atoms with van der Waals surface area (Å²) in [5.74, 6) is 0.146. The SMILES string of the molecule is CC.CC1(N)CC(=O)c2ccc(Br)cc21. The molecule has 1 aliphatic rings. The number of halogens is 1. The lowest BCUT2D eigenvalue weighted by atomic mass is 9.96. The molecule has 0 bridgehead atoms. The average Bonchev–Trinajstić information content (AvgIpc) is 2.40. The third-order valence-corrected chi connectivity index (χ3v) is 2.92. The highest BCUT2D eigenvalue weighted by atomic mass is 79.9. The van der Waals surface area contributed by atoms with E-state index in [2.05, 4.69) is 15.9 Å². The van der Waals surface area contributed by atoms with Crippen LogP contribution in [-0.2, 0) is 5.54 Å². The molecule has 0 heterocycles. The van der Waals surface area contributed by atoms with E-state index >= 15 is 0 Å². The van der Waals surface area contributed by atoms with Crippen molar-refractivity contribution in [3.63, 3.8) is 0 Å². The molecule has 0 saturated carbocycles. The number of benzene rings is 1. The minimum Gasteiger partial charge on any atom is -0.321 e. The molecule has 0 radical (unpaired) electrons. The molecule has 1 aromatic carbocycles. The van der Waals surface area contributed by atoms with Gasteiger partial charge in [-0.1, -0.05) is 29.8 Å². The summed E-state index contributed by atoms with van der Waals surface area (Å²) < 4.78 is 0.970. The third-order valence-electron chi connectivity index (χ3n) is 2.43. The zero-order chi connectivity index (χ0) is 11.6. The van der Waals surface area contributed by atoms with Crippen LogP contribution < -0.4 is 5.73 Å². The van der Waals surface area contributed by atoms with Crippen molar-refractivity contribution < 1.29 is 4.79 Å². The normalized spacial score (nSPS) is 23.1. The molecule has 1 atom stereocenters. The molecule has 0 spiro atoms. The number of Topliss-reactive ketones (excluding diaryl/α,β-unsaturated/α-hetero) is 1. The van der Waals surface area contributed by atoms with Gasteiger partial charge < -0.3 is 5.73 Å². The largest absolute Gasteiger partial charge is 0.321 e. The fourth-order valence-electron chi connectivity index (χ4n) is 1.76. The molecule has 2 rings (SSSR count). The smallest absolute Gasteiger partial charge is 0.165 e. The van der Waals surface area contributed by atoms with Crippen molar-refractivity contribution in [2.45, 2.75) is 32.7 Å². The second-order valence-corrected chi connectivity index (χ2v) is 4.62. The summed E-state index contributed by atoms with van der Waals surface area (Å²) in [6, 6.07) is 5.64. The second kappa shape index (κ2) is 4.45. The monoisotopic (exact) mass is 269 g/mol. The summed E-state index contributed by atoms with van der Waals surface area (Å²) in [5.41, 5.74) is 7.24. The molecular weight excluding hydrogens is 254 g/mol. The Kier molecular flexibility index (Phi) is 3.68. The van der Waals surface area contributed by atoms with Crippen LogP contribution in [0.2, 0.25) is 0 Å². The van der Waals surface area contributed by atoms with Crippen molar-refractivity contribution >= 4 is 21.7 Å². The number of fused-ring (bicyclic) bond motifs is 1. The molecule has 0 amide bonds. The van der Waals surface area contributed by atoms with Gasteiger partial charge in [0.25, 0.3) is 0 Å². The lowest BCUT2D eigenvalue weighted by Crippen LogP contribution is -2.30. The van der Waals surface area contributed by atoms with Gasteiger partial charge in [0.05, 0.1) is 0 Å². The Hall–Kier alpha value is -0.670. The number of ketones is 1. The predicted octanol–water partition coefficient (Wildman–Crippen LogP) is 3.24. The van der Waals surface area contributed by atoms with Crippen molar-refractivity contribution in [3.05, 3.63) is 33.8 Å². The van der Waals surface area contributed by atoms with Crippen molar-refractivity contribution in [2.75, 3.05) is 0 Å². The van der Waals surface area contributed by atoms with Crippen molar-refractivity contribution in [2.24, 2.45) is 5.73 Å². The van der Waals surface area contributed by atoms with Crippen LogP contribution in [0.5, 0.6) is 0 Å². The van der Waals surface area contributed by atoms with Gasteiger partial charge in [0.2, 0.25) is 0 Å². The highest BCUT2D eigenvalue weighted by Gasteiger charge is 2.36. The van der Waals surface area contributed by atoms with Gasteiger partial charge in [0.1, 0.15) is 0 Å². The lowest BCUT2D eigenvalue weighted by Gasteiger charge is -2.17. The Morgan fingerprint density at radius 2 is 2.00 bits per heavy atom. The Balaban J connectivity index is 0.000000531. The first-order valence-electron chi connectivity index (χ1n) is 5.13. The van der Waals surface area contributed by atoms with Crippen LogP contribution in [0.4, 0.5) is 0 Å². The van der Waals surface area contributed by atoms with E-state index in [4.69, 9.17) is 5.73 Å². The summed E-state index contributed by atoms with van der Waals surface area (Å²) in [6.45, 7) is 5.89. The first kappa shape index (κ1) is 12.4. The number of carbonyl (C=O) groups is 1. The highest BCUT2D eigenvalue weighted by molar-refractivity contribution is 9.10. The van der Waals surface area contributed by atoms with Gasteiger partial charge in [-0.05, 0) is 30.7 Å². The van der Waals surface area contributed by atoms with Crippen LogP contribution in [0.15, 0.2) is 22.7 Å². The van der Waals surface area contributed by atoms with E-state index in [1.807, 2.05) is 39.0 Å². The van der Waals surface area contributed by atoms with Gasteiger partial charge in [-0.3, -0.25) is 4.79 Å². The Labute approximate surface area is 99.0 Å². The van der Waals surface area contributed by atoms with Gasteiger partial charge in [-0.25, -0.2) is 0 Å². The molecule has 82 valence electrons. The van der Waals surface area contributed by atoms with E-state index in [0.717, 1.165) is 15.6 Å². The zero-order valence-electron chi connectivity index (χ0n) is 9.30. The van der Waals surface area contributed by atoms with Gasteiger partial charge in [0, 0.05) is 22.0 Å². The van der Waals surface area contributed by atoms with Crippen LogP contribution in [0.3, 0.4) is 0 Å². The van der Waals surface area contributed by atoms with Gasteiger partial charge >= 0.3 is 0 Å². The molecule has 0 fully saturated rings. The Bertz CT molecular complexity index is 385. The minimum atomic E-state index is -0.490.